The number of aromatic nitrogens is 2. The Bertz CT molecular complexity index is 1610. The molecule has 0 bridgehead atoms. The van der Waals surface area contributed by atoms with Crippen molar-refractivity contribution in [2.75, 3.05) is 27.4 Å². The van der Waals surface area contributed by atoms with Crippen molar-refractivity contribution in [2.24, 2.45) is 15.4 Å². The molecule has 1 amide bonds. The second-order valence-electron chi connectivity index (χ2n) is 9.73. The third-order valence-corrected chi connectivity index (χ3v) is 7.60. The molecule has 42 heavy (non-hydrogen) atoms. The summed E-state index contributed by atoms with van der Waals surface area (Å²) >= 11 is 3.50. The SMILES string of the molecule is COc1ccc(/C=N/OCC(=O)N=Nc2c(O)n(CN3CCCCC3c3cccnc3)c3ccc(Br)cc23)cc1OC. The number of benzene rings is 2. The van der Waals surface area contributed by atoms with E-state index in [9.17, 15) is 9.90 Å². The van der Waals surface area contributed by atoms with Crippen molar-refractivity contribution in [2.45, 2.75) is 32.0 Å². The molecule has 1 saturated heterocycles. The van der Waals surface area contributed by atoms with Crippen molar-refractivity contribution in [1.29, 1.82) is 0 Å². The normalized spacial score (nSPS) is 15.9. The van der Waals surface area contributed by atoms with E-state index < -0.39 is 12.5 Å². The van der Waals surface area contributed by atoms with Gasteiger partial charge in [0.1, 0.15) is 0 Å². The first-order chi connectivity index (χ1) is 20.5. The van der Waals surface area contributed by atoms with Gasteiger partial charge in [-0.15, -0.1) is 10.2 Å². The maximum Gasteiger partial charge on any atom is 0.304 e. The Labute approximate surface area is 251 Å². The highest BCUT2D eigenvalue weighted by Crippen LogP contribution is 2.41. The fourth-order valence-electron chi connectivity index (χ4n) is 5.09. The maximum absolute atomic E-state index is 12.4. The molecule has 218 valence electrons. The van der Waals surface area contributed by atoms with Gasteiger partial charge in [-0.05, 0) is 60.9 Å². The molecule has 0 aliphatic carbocycles. The average molecular weight is 636 g/mol. The lowest BCUT2D eigenvalue weighted by molar-refractivity contribution is -0.122. The number of nitrogens with zero attached hydrogens (tertiary/aromatic N) is 6. The van der Waals surface area contributed by atoms with Crippen LogP contribution in [0.3, 0.4) is 0 Å². The number of pyridine rings is 1. The molecular formula is C30H31BrN6O5. The molecule has 1 aliphatic heterocycles. The minimum absolute atomic E-state index is 0.0671. The summed E-state index contributed by atoms with van der Waals surface area (Å²) in [6, 6.07) is 15.1. The molecule has 1 N–H and O–H groups in total. The number of likely N-dealkylation sites (tertiary alicyclic amines) is 1. The van der Waals surface area contributed by atoms with Crippen molar-refractivity contribution in [3.05, 3.63) is 76.5 Å². The lowest BCUT2D eigenvalue weighted by atomic mass is 9.97. The van der Waals surface area contributed by atoms with Gasteiger partial charge in [0, 0.05) is 40.4 Å². The van der Waals surface area contributed by atoms with E-state index in [2.05, 4.69) is 47.3 Å². The van der Waals surface area contributed by atoms with E-state index >= 15 is 0 Å². The van der Waals surface area contributed by atoms with Crippen LogP contribution in [-0.4, -0.2) is 59.1 Å². The van der Waals surface area contributed by atoms with Crippen LogP contribution in [-0.2, 0) is 16.3 Å². The van der Waals surface area contributed by atoms with Gasteiger partial charge in [0.2, 0.25) is 5.88 Å². The van der Waals surface area contributed by atoms with Crippen LogP contribution in [0.15, 0.2) is 80.8 Å². The first kappa shape index (κ1) is 29.2. The zero-order valence-electron chi connectivity index (χ0n) is 23.3. The fraction of sp³-hybridized carbons (Fsp3) is 0.300. The Kier molecular flexibility index (Phi) is 9.45. The summed E-state index contributed by atoms with van der Waals surface area (Å²) in [7, 11) is 3.10. The van der Waals surface area contributed by atoms with Gasteiger partial charge in [0.25, 0.3) is 0 Å². The van der Waals surface area contributed by atoms with Crippen molar-refractivity contribution in [3.8, 4) is 17.4 Å². The molecule has 4 aromatic rings. The summed E-state index contributed by atoms with van der Waals surface area (Å²) in [4.78, 5) is 24.2. The monoisotopic (exact) mass is 634 g/mol. The topological polar surface area (TPSA) is 123 Å². The number of amides is 1. The van der Waals surface area contributed by atoms with Gasteiger partial charge in [-0.3, -0.25) is 19.2 Å². The third kappa shape index (κ3) is 6.60. The Morgan fingerprint density at radius 3 is 2.79 bits per heavy atom. The van der Waals surface area contributed by atoms with Crippen molar-refractivity contribution in [3.63, 3.8) is 0 Å². The van der Waals surface area contributed by atoms with Crippen molar-refractivity contribution < 1.29 is 24.2 Å². The highest BCUT2D eigenvalue weighted by Gasteiger charge is 2.27. The number of aromatic hydroxyl groups is 1. The van der Waals surface area contributed by atoms with E-state index in [0.29, 0.717) is 29.1 Å². The van der Waals surface area contributed by atoms with Crippen molar-refractivity contribution >= 4 is 44.6 Å². The molecule has 12 heteroatoms. The van der Waals surface area contributed by atoms with E-state index in [1.165, 1.54) is 6.21 Å². The largest absolute Gasteiger partial charge is 0.493 e. The molecule has 0 spiro atoms. The average Bonchev–Trinajstić information content (AvgIpc) is 3.27. The Hall–Kier alpha value is -4.29. The first-order valence-corrected chi connectivity index (χ1v) is 14.2. The molecule has 0 saturated carbocycles. The number of methoxy groups -OCH3 is 2. The minimum atomic E-state index is -0.651. The number of ether oxygens (including phenoxy) is 2. The highest BCUT2D eigenvalue weighted by molar-refractivity contribution is 9.10. The van der Waals surface area contributed by atoms with Crippen LogP contribution in [0.2, 0.25) is 0 Å². The van der Waals surface area contributed by atoms with Gasteiger partial charge in [0.15, 0.2) is 23.8 Å². The van der Waals surface area contributed by atoms with Crippen LogP contribution in [0.4, 0.5) is 5.69 Å². The first-order valence-electron chi connectivity index (χ1n) is 13.4. The fourth-order valence-corrected chi connectivity index (χ4v) is 5.45. The second-order valence-corrected chi connectivity index (χ2v) is 10.6. The summed E-state index contributed by atoms with van der Waals surface area (Å²) < 4.78 is 13.1. The van der Waals surface area contributed by atoms with Gasteiger partial charge in [-0.25, -0.2) is 0 Å². The Balaban J connectivity index is 1.31. The molecule has 2 aromatic heterocycles. The lowest BCUT2D eigenvalue weighted by Crippen LogP contribution is -2.34. The molecule has 11 nitrogen and oxygen atoms in total. The van der Waals surface area contributed by atoms with Crippen LogP contribution in [0.25, 0.3) is 10.9 Å². The minimum Gasteiger partial charge on any atom is -0.493 e. The molecule has 1 unspecified atom stereocenters. The van der Waals surface area contributed by atoms with Gasteiger partial charge in [0.05, 0.1) is 32.6 Å². The van der Waals surface area contributed by atoms with Crippen LogP contribution in [0.1, 0.15) is 36.4 Å². The summed E-state index contributed by atoms with van der Waals surface area (Å²) in [5.74, 6) is 0.418. The molecule has 3 heterocycles. The summed E-state index contributed by atoms with van der Waals surface area (Å²) in [6.45, 7) is 0.906. The standard InChI is InChI=1S/C30H31BrN6O5/c1-40-26-11-8-20(14-27(26)41-2)16-33-42-18-28(38)34-35-29-23-15-22(31)9-10-25(23)37(30(29)39)19-36-13-4-3-7-24(36)21-6-5-12-32-17-21/h5-6,8-12,14-17,24,39H,3-4,7,13,18-19H2,1-2H3/b33-16+,35-34?. The maximum atomic E-state index is 12.4. The van der Waals surface area contributed by atoms with E-state index in [4.69, 9.17) is 14.3 Å². The van der Waals surface area contributed by atoms with E-state index in [-0.39, 0.29) is 17.6 Å². The number of hydrogen-bond donors (Lipinski definition) is 1. The zero-order valence-corrected chi connectivity index (χ0v) is 24.9. The van der Waals surface area contributed by atoms with Gasteiger partial charge >= 0.3 is 5.91 Å². The number of piperidine rings is 1. The molecule has 1 fully saturated rings. The third-order valence-electron chi connectivity index (χ3n) is 7.11. The number of oxime groups is 1. The van der Waals surface area contributed by atoms with E-state index in [1.807, 2.05) is 30.5 Å². The Morgan fingerprint density at radius 1 is 1.14 bits per heavy atom. The smallest absolute Gasteiger partial charge is 0.304 e. The summed E-state index contributed by atoms with van der Waals surface area (Å²) in [5, 5.41) is 23.7. The molecule has 2 aromatic carbocycles. The van der Waals surface area contributed by atoms with Crippen LogP contribution < -0.4 is 9.47 Å². The molecule has 0 radical (unpaired) electrons. The van der Waals surface area contributed by atoms with Crippen LogP contribution in [0.5, 0.6) is 17.4 Å². The van der Waals surface area contributed by atoms with E-state index in [1.54, 1.807) is 43.2 Å². The predicted octanol–water partition coefficient (Wildman–Crippen LogP) is 6.37. The predicted molar refractivity (Wildman–Crippen MR) is 161 cm³/mol. The van der Waals surface area contributed by atoms with Crippen molar-refractivity contribution in [1.82, 2.24) is 14.5 Å². The molecular weight excluding hydrogens is 604 g/mol. The summed E-state index contributed by atoms with van der Waals surface area (Å²) in [5.41, 5.74) is 2.84. The second kappa shape index (κ2) is 13.6. The van der Waals surface area contributed by atoms with Gasteiger partial charge in [-0.2, -0.15) is 0 Å². The number of hydrogen-bond acceptors (Lipinski definition) is 9. The quantitative estimate of drug-likeness (QED) is 0.122. The summed E-state index contributed by atoms with van der Waals surface area (Å²) in [6.07, 6.45) is 8.32. The molecule has 1 aliphatic rings. The lowest BCUT2D eigenvalue weighted by Gasteiger charge is -2.36. The zero-order chi connectivity index (χ0) is 29.5. The highest BCUT2D eigenvalue weighted by atomic mass is 79.9. The number of fused-ring (bicyclic) bond motifs is 1. The van der Waals surface area contributed by atoms with E-state index in [0.717, 1.165) is 41.4 Å². The number of halogens is 1. The van der Waals surface area contributed by atoms with Crippen LogP contribution >= 0.6 is 15.9 Å². The van der Waals surface area contributed by atoms with Gasteiger partial charge < -0.3 is 19.4 Å². The number of azo groups is 1. The molecule has 1 atom stereocenters. The number of carbonyl (C=O) groups excluding carboxylic acids is 1. The Morgan fingerprint density at radius 2 is 2.00 bits per heavy atom. The number of rotatable bonds is 10. The number of carbonyl (C=O) groups is 1. The van der Waals surface area contributed by atoms with Gasteiger partial charge in [-0.1, -0.05) is 33.6 Å². The van der Waals surface area contributed by atoms with Crippen LogP contribution in [0, 0.1) is 0 Å². The molecule has 5 rings (SSSR count).